The van der Waals surface area contributed by atoms with Crippen LogP contribution < -0.4 is 0 Å². The summed E-state index contributed by atoms with van der Waals surface area (Å²) in [5.74, 6) is -0.732. The van der Waals surface area contributed by atoms with Crippen molar-refractivity contribution in [3.05, 3.63) is 0 Å². The molecular weight excluding hydrogens is 244 g/mol. The van der Waals surface area contributed by atoms with Crippen molar-refractivity contribution in [2.45, 2.75) is 46.5 Å². The molecule has 0 heterocycles. The number of rotatable bonds is 8. The number of ether oxygens (including phenoxy) is 1. The summed E-state index contributed by atoms with van der Waals surface area (Å²) in [5, 5.41) is 9.38. The van der Waals surface area contributed by atoms with Crippen LogP contribution in [0.2, 0.25) is 0 Å². The Morgan fingerprint density at radius 2 is 1.74 bits per heavy atom. The van der Waals surface area contributed by atoms with E-state index in [-0.39, 0.29) is 19.1 Å². The highest BCUT2D eigenvalue weighted by molar-refractivity contribution is 5.88. The standard InChI is InChI=1S/C14H24N2O3/c1-5-8-14(11-15,9-6-2)13(18)16(4)10-12(17)19-7-3/h5-10H2,1-4H3. The van der Waals surface area contributed by atoms with Gasteiger partial charge in [0.05, 0.1) is 12.7 Å². The molecule has 1 amide bonds. The van der Waals surface area contributed by atoms with Crippen molar-refractivity contribution < 1.29 is 14.3 Å². The predicted molar refractivity (Wildman–Crippen MR) is 72.1 cm³/mol. The molecule has 0 unspecified atom stereocenters. The zero-order chi connectivity index (χ0) is 14.9. The van der Waals surface area contributed by atoms with E-state index in [2.05, 4.69) is 6.07 Å². The number of nitriles is 1. The van der Waals surface area contributed by atoms with Crippen molar-refractivity contribution in [1.29, 1.82) is 5.26 Å². The van der Waals surface area contributed by atoms with Crippen LogP contribution in [0.5, 0.6) is 0 Å². The zero-order valence-electron chi connectivity index (χ0n) is 12.4. The van der Waals surface area contributed by atoms with Gasteiger partial charge in [-0.2, -0.15) is 5.26 Å². The Kier molecular flexibility index (Phi) is 7.81. The maximum atomic E-state index is 12.4. The molecule has 0 atom stereocenters. The molecule has 0 rings (SSSR count). The minimum absolute atomic E-state index is 0.108. The molecule has 5 nitrogen and oxygen atoms in total. The van der Waals surface area contributed by atoms with Crippen LogP contribution in [0.4, 0.5) is 0 Å². The third kappa shape index (κ3) is 4.90. The number of hydrogen-bond donors (Lipinski definition) is 0. The minimum Gasteiger partial charge on any atom is -0.465 e. The van der Waals surface area contributed by atoms with Crippen molar-refractivity contribution >= 4 is 11.9 Å². The number of nitrogens with zero attached hydrogens (tertiary/aromatic N) is 2. The number of carbonyl (C=O) groups excluding carboxylic acids is 2. The van der Waals surface area contributed by atoms with E-state index in [9.17, 15) is 14.9 Å². The summed E-state index contributed by atoms with van der Waals surface area (Å²) in [7, 11) is 1.54. The molecule has 0 aliphatic rings. The van der Waals surface area contributed by atoms with Gasteiger partial charge >= 0.3 is 5.97 Å². The number of hydrogen-bond acceptors (Lipinski definition) is 4. The van der Waals surface area contributed by atoms with Crippen molar-refractivity contribution in [1.82, 2.24) is 4.90 Å². The van der Waals surface area contributed by atoms with Crippen LogP contribution in [0, 0.1) is 16.7 Å². The molecule has 0 saturated carbocycles. The molecular formula is C14H24N2O3. The van der Waals surface area contributed by atoms with Crippen molar-refractivity contribution in [3.8, 4) is 6.07 Å². The van der Waals surface area contributed by atoms with Crippen LogP contribution in [0.3, 0.4) is 0 Å². The first-order chi connectivity index (χ1) is 8.97. The smallest absolute Gasteiger partial charge is 0.325 e. The molecule has 0 fully saturated rings. The second-order valence-electron chi connectivity index (χ2n) is 4.66. The Hall–Kier alpha value is -1.57. The lowest BCUT2D eigenvalue weighted by Gasteiger charge is -2.29. The topological polar surface area (TPSA) is 70.4 Å². The Bertz CT molecular complexity index is 341. The molecule has 0 saturated heterocycles. The van der Waals surface area contributed by atoms with Crippen LogP contribution in [-0.4, -0.2) is 37.0 Å². The highest BCUT2D eigenvalue weighted by Crippen LogP contribution is 2.31. The fourth-order valence-electron chi connectivity index (χ4n) is 2.19. The van der Waals surface area contributed by atoms with Crippen molar-refractivity contribution in [3.63, 3.8) is 0 Å². The van der Waals surface area contributed by atoms with Gasteiger partial charge in [-0.1, -0.05) is 26.7 Å². The molecule has 0 spiro atoms. The molecule has 0 bridgehead atoms. The number of likely N-dealkylation sites (N-methyl/N-ethyl adjacent to an activating group) is 1. The molecule has 5 heteroatoms. The Morgan fingerprint density at radius 1 is 1.21 bits per heavy atom. The third-order valence-corrected chi connectivity index (χ3v) is 3.00. The summed E-state index contributed by atoms with van der Waals surface area (Å²) >= 11 is 0. The molecule has 108 valence electrons. The van der Waals surface area contributed by atoms with Crippen LogP contribution >= 0.6 is 0 Å². The van der Waals surface area contributed by atoms with E-state index in [1.165, 1.54) is 11.9 Å². The Balaban J connectivity index is 4.89. The zero-order valence-corrected chi connectivity index (χ0v) is 12.4. The molecule has 0 N–H and O–H groups in total. The van der Waals surface area contributed by atoms with Gasteiger partial charge in [0.2, 0.25) is 5.91 Å². The summed E-state index contributed by atoms with van der Waals surface area (Å²) in [5.41, 5.74) is -1.01. The molecule has 0 aromatic carbocycles. The summed E-state index contributed by atoms with van der Waals surface area (Å²) < 4.78 is 4.81. The summed E-state index contributed by atoms with van der Waals surface area (Å²) in [6.07, 6.45) is 2.55. The highest BCUT2D eigenvalue weighted by Gasteiger charge is 2.39. The lowest BCUT2D eigenvalue weighted by Crippen LogP contribution is -2.43. The van der Waals surface area contributed by atoms with E-state index >= 15 is 0 Å². The molecule has 0 aromatic rings. The number of amides is 1. The van der Waals surface area contributed by atoms with Gasteiger partial charge in [0.15, 0.2) is 0 Å². The summed E-state index contributed by atoms with van der Waals surface area (Å²) in [4.78, 5) is 25.1. The number of esters is 1. The van der Waals surface area contributed by atoms with E-state index in [4.69, 9.17) is 4.74 Å². The predicted octanol–water partition coefficient (Wildman–Crippen LogP) is 2.12. The second-order valence-corrected chi connectivity index (χ2v) is 4.66. The van der Waals surface area contributed by atoms with E-state index < -0.39 is 11.4 Å². The van der Waals surface area contributed by atoms with E-state index in [0.717, 1.165) is 12.8 Å². The first-order valence-corrected chi connectivity index (χ1v) is 6.79. The number of carbonyl (C=O) groups is 2. The molecule has 0 aromatic heterocycles. The maximum Gasteiger partial charge on any atom is 0.325 e. The van der Waals surface area contributed by atoms with Crippen LogP contribution in [0.25, 0.3) is 0 Å². The Morgan fingerprint density at radius 3 is 2.11 bits per heavy atom. The van der Waals surface area contributed by atoms with Crippen molar-refractivity contribution in [2.24, 2.45) is 5.41 Å². The van der Waals surface area contributed by atoms with E-state index in [1.807, 2.05) is 13.8 Å². The van der Waals surface area contributed by atoms with Gasteiger partial charge in [0.1, 0.15) is 12.0 Å². The average molecular weight is 268 g/mol. The minimum atomic E-state index is -1.01. The quantitative estimate of drug-likeness (QED) is 0.632. The van der Waals surface area contributed by atoms with Crippen LogP contribution in [-0.2, 0) is 14.3 Å². The highest BCUT2D eigenvalue weighted by atomic mass is 16.5. The van der Waals surface area contributed by atoms with E-state index in [0.29, 0.717) is 12.8 Å². The van der Waals surface area contributed by atoms with Crippen LogP contribution in [0.15, 0.2) is 0 Å². The SMILES string of the molecule is CCCC(C#N)(CCC)C(=O)N(C)CC(=O)OCC. The van der Waals surface area contributed by atoms with Crippen molar-refractivity contribution in [2.75, 3.05) is 20.2 Å². The average Bonchev–Trinajstić information content (AvgIpc) is 2.37. The van der Waals surface area contributed by atoms with E-state index in [1.54, 1.807) is 6.92 Å². The largest absolute Gasteiger partial charge is 0.465 e. The second kappa shape index (κ2) is 8.52. The van der Waals surface area contributed by atoms with Gasteiger partial charge in [0, 0.05) is 7.05 Å². The van der Waals surface area contributed by atoms with Gasteiger partial charge < -0.3 is 9.64 Å². The fraction of sp³-hybridized carbons (Fsp3) is 0.786. The summed E-state index contributed by atoms with van der Waals surface area (Å²) in [6.45, 7) is 5.78. The lowest BCUT2D eigenvalue weighted by atomic mass is 9.79. The van der Waals surface area contributed by atoms with Gasteiger partial charge in [-0.05, 0) is 19.8 Å². The summed E-state index contributed by atoms with van der Waals surface area (Å²) in [6, 6.07) is 2.16. The molecule has 0 radical (unpaired) electrons. The monoisotopic (exact) mass is 268 g/mol. The third-order valence-electron chi connectivity index (χ3n) is 3.00. The normalized spacial score (nSPS) is 10.7. The van der Waals surface area contributed by atoms with Gasteiger partial charge in [-0.3, -0.25) is 9.59 Å². The molecule has 0 aliphatic carbocycles. The van der Waals surface area contributed by atoms with Gasteiger partial charge in [-0.15, -0.1) is 0 Å². The first-order valence-electron chi connectivity index (χ1n) is 6.79. The maximum absolute atomic E-state index is 12.4. The molecule has 0 aliphatic heterocycles. The Labute approximate surface area is 115 Å². The first kappa shape index (κ1) is 17.4. The fourth-order valence-corrected chi connectivity index (χ4v) is 2.19. The van der Waals surface area contributed by atoms with Gasteiger partial charge in [-0.25, -0.2) is 0 Å². The lowest BCUT2D eigenvalue weighted by molar-refractivity contribution is -0.150. The van der Waals surface area contributed by atoms with Crippen LogP contribution in [0.1, 0.15) is 46.5 Å². The molecule has 19 heavy (non-hydrogen) atoms. The van der Waals surface area contributed by atoms with Gasteiger partial charge in [0.25, 0.3) is 0 Å².